The largest absolute Gasteiger partial charge is 0.382 e. The monoisotopic (exact) mass is 375 g/mol. The van der Waals surface area contributed by atoms with Crippen molar-refractivity contribution in [3.63, 3.8) is 0 Å². The van der Waals surface area contributed by atoms with Gasteiger partial charge in [0, 0.05) is 29.3 Å². The van der Waals surface area contributed by atoms with Crippen LogP contribution in [0.25, 0.3) is 0 Å². The Balaban J connectivity index is 1.90. The number of ether oxygens (including phenoxy) is 2. The normalized spacial score (nSPS) is 14.6. The summed E-state index contributed by atoms with van der Waals surface area (Å²) in [5.41, 5.74) is 2.00. The van der Waals surface area contributed by atoms with Gasteiger partial charge in [-0.1, -0.05) is 6.07 Å². The maximum Gasteiger partial charge on any atom is 0.254 e. The summed E-state index contributed by atoms with van der Waals surface area (Å²) in [7, 11) is 1.65. The summed E-state index contributed by atoms with van der Waals surface area (Å²) >= 11 is 2.24. The second-order valence-corrected chi connectivity index (χ2v) is 5.69. The lowest BCUT2D eigenvalue weighted by Crippen LogP contribution is -2.39. The Morgan fingerprint density at radius 3 is 2.95 bits per heavy atom. The molecule has 104 valence electrons. The molecular formula is C14H18INO3. The van der Waals surface area contributed by atoms with Gasteiger partial charge in [0.15, 0.2) is 0 Å². The Morgan fingerprint density at radius 2 is 2.16 bits per heavy atom. The van der Waals surface area contributed by atoms with E-state index in [4.69, 9.17) is 9.47 Å². The van der Waals surface area contributed by atoms with E-state index in [-0.39, 0.29) is 5.91 Å². The Labute approximate surface area is 127 Å². The quantitative estimate of drug-likeness (QED) is 0.564. The van der Waals surface area contributed by atoms with Gasteiger partial charge >= 0.3 is 0 Å². The second-order valence-electron chi connectivity index (χ2n) is 4.45. The average Bonchev–Trinajstić information content (AvgIpc) is 2.41. The molecule has 0 fully saturated rings. The third-order valence-electron chi connectivity index (χ3n) is 3.18. The molecule has 1 aromatic carbocycles. The Kier molecular flexibility index (Phi) is 5.59. The third kappa shape index (κ3) is 3.90. The van der Waals surface area contributed by atoms with Crippen LogP contribution in [0.3, 0.4) is 0 Å². The molecular weight excluding hydrogens is 357 g/mol. The summed E-state index contributed by atoms with van der Waals surface area (Å²) < 4.78 is 11.4. The van der Waals surface area contributed by atoms with Crippen molar-refractivity contribution in [1.29, 1.82) is 0 Å². The molecule has 1 amide bonds. The molecule has 0 bridgehead atoms. The minimum Gasteiger partial charge on any atom is -0.382 e. The van der Waals surface area contributed by atoms with Crippen LogP contribution in [0.1, 0.15) is 15.9 Å². The van der Waals surface area contributed by atoms with E-state index in [1.165, 1.54) is 0 Å². The maximum absolute atomic E-state index is 12.3. The number of hydrogen-bond acceptors (Lipinski definition) is 3. The van der Waals surface area contributed by atoms with Crippen molar-refractivity contribution >= 4 is 28.5 Å². The van der Waals surface area contributed by atoms with Crippen LogP contribution in [0, 0.1) is 3.57 Å². The molecule has 0 atom stereocenters. The average molecular weight is 375 g/mol. The number of hydrogen-bond donors (Lipinski definition) is 0. The molecule has 0 radical (unpaired) electrons. The molecule has 2 rings (SSSR count). The molecule has 19 heavy (non-hydrogen) atoms. The van der Waals surface area contributed by atoms with Crippen molar-refractivity contribution < 1.29 is 14.3 Å². The number of halogens is 1. The van der Waals surface area contributed by atoms with Crippen LogP contribution in [0.2, 0.25) is 0 Å². The number of methoxy groups -OCH3 is 1. The second kappa shape index (κ2) is 7.21. The molecule has 0 aromatic heterocycles. The molecule has 0 unspecified atom stereocenters. The van der Waals surface area contributed by atoms with E-state index >= 15 is 0 Å². The minimum atomic E-state index is 0.120. The van der Waals surface area contributed by atoms with Crippen molar-refractivity contribution in [3.8, 4) is 0 Å². The third-order valence-corrected chi connectivity index (χ3v) is 3.85. The first kappa shape index (κ1) is 14.7. The molecule has 1 aliphatic heterocycles. The number of fused-ring (bicyclic) bond motifs is 1. The zero-order valence-electron chi connectivity index (χ0n) is 11.0. The zero-order chi connectivity index (χ0) is 13.7. The van der Waals surface area contributed by atoms with Gasteiger partial charge in [-0.3, -0.25) is 4.79 Å². The van der Waals surface area contributed by atoms with Crippen LogP contribution in [0.5, 0.6) is 0 Å². The highest BCUT2D eigenvalue weighted by Gasteiger charge is 2.23. The molecule has 0 spiro atoms. The highest BCUT2D eigenvalue weighted by molar-refractivity contribution is 14.1. The first-order chi connectivity index (χ1) is 9.22. The van der Waals surface area contributed by atoms with Gasteiger partial charge in [0.05, 0.1) is 19.8 Å². The SMILES string of the molecule is COCCOCCN1CCc2ccc(I)cc2C1=O. The molecule has 1 heterocycles. The van der Waals surface area contributed by atoms with Gasteiger partial charge < -0.3 is 14.4 Å². The fourth-order valence-corrected chi connectivity index (χ4v) is 2.62. The van der Waals surface area contributed by atoms with E-state index in [2.05, 4.69) is 34.7 Å². The maximum atomic E-state index is 12.3. The molecule has 0 saturated carbocycles. The molecule has 1 aliphatic rings. The van der Waals surface area contributed by atoms with E-state index in [9.17, 15) is 4.79 Å². The van der Waals surface area contributed by atoms with Crippen LogP contribution in [0.4, 0.5) is 0 Å². The minimum absolute atomic E-state index is 0.120. The molecule has 4 nitrogen and oxygen atoms in total. The first-order valence-corrected chi connectivity index (χ1v) is 7.44. The van der Waals surface area contributed by atoms with Gasteiger partial charge in [-0.2, -0.15) is 0 Å². The van der Waals surface area contributed by atoms with Crippen molar-refractivity contribution in [2.75, 3.05) is 40.0 Å². The van der Waals surface area contributed by atoms with E-state index in [0.29, 0.717) is 26.4 Å². The lowest BCUT2D eigenvalue weighted by molar-refractivity contribution is 0.0480. The summed E-state index contributed by atoms with van der Waals surface area (Å²) in [5, 5.41) is 0. The van der Waals surface area contributed by atoms with Crippen molar-refractivity contribution in [3.05, 3.63) is 32.9 Å². The fraction of sp³-hybridized carbons (Fsp3) is 0.500. The summed E-state index contributed by atoms with van der Waals surface area (Å²) in [6.45, 7) is 3.16. The van der Waals surface area contributed by atoms with Gasteiger partial charge in [-0.15, -0.1) is 0 Å². The number of carbonyl (C=O) groups is 1. The molecule has 1 aromatic rings. The van der Waals surface area contributed by atoms with Crippen LogP contribution in [-0.4, -0.2) is 50.8 Å². The van der Waals surface area contributed by atoms with Crippen molar-refractivity contribution in [2.45, 2.75) is 6.42 Å². The van der Waals surface area contributed by atoms with Crippen molar-refractivity contribution in [2.24, 2.45) is 0 Å². The van der Waals surface area contributed by atoms with Crippen LogP contribution in [-0.2, 0) is 15.9 Å². The van der Waals surface area contributed by atoms with Gasteiger partial charge in [0.1, 0.15) is 0 Å². The highest BCUT2D eigenvalue weighted by atomic mass is 127. The van der Waals surface area contributed by atoms with Crippen LogP contribution in [0.15, 0.2) is 18.2 Å². The lowest BCUT2D eigenvalue weighted by atomic mass is 9.99. The Morgan fingerprint density at radius 1 is 1.32 bits per heavy atom. The number of rotatable bonds is 6. The predicted octanol–water partition coefficient (Wildman–Crippen LogP) is 1.95. The topological polar surface area (TPSA) is 38.8 Å². The van der Waals surface area contributed by atoms with E-state index < -0.39 is 0 Å². The number of nitrogens with zero attached hydrogens (tertiary/aromatic N) is 1. The first-order valence-electron chi connectivity index (χ1n) is 6.37. The Hall–Kier alpha value is -0.660. The summed E-state index contributed by atoms with van der Waals surface area (Å²) in [6, 6.07) is 6.08. The summed E-state index contributed by atoms with van der Waals surface area (Å²) in [6.07, 6.45) is 0.927. The number of benzene rings is 1. The van der Waals surface area contributed by atoms with E-state index in [1.54, 1.807) is 7.11 Å². The van der Waals surface area contributed by atoms with Gasteiger partial charge in [-0.25, -0.2) is 0 Å². The predicted molar refractivity (Wildman–Crippen MR) is 81.5 cm³/mol. The smallest absolute Gasteiger partial charge is 0.254 e. The molecule has 0 saturated heterocycles. The lowest BCUT2D eigenvalue weighted by Gasteiger charge is -2.28. The summed E-state index contributed by atoms with van der Waals surface area (Å²) in [4.78, 5) is 14.2. The van der Waals surface area contributed by atoms with Gasteiger partial charge in [-0.05, 0) is 46.7 Å². The van der Waals surface area contributed by atoms with Gasteiger partial charge in [0.25, 0.3) is 5.91 Å². The molecule has 0 N–H and O–H groups in total. The van der Waals surface area contributed by atoms with Crippen LogP contribution < -0.4 is 0 Å². The van der Waals surface area contributed by atoms with Crippen LogP contribution >= 0.6 is 22.6 Å². The van der Waals surface area contributed by atoms with Gasteiger partial charge in [0.2, 0.25) is 0 Å². The molecule has 0 aliphatic carbocycles. The van der Waals surface area contributed by atoms with Crippen molar-refractivity contribution in [1.82, 2.24) is 4.90 Å². The zero-order valence-corrected chi connectivity index (χ0v) is 13.2. The van der Waals surface area contributed by atoms with E-state index in [1.807, 2.05) is 11.0 Å². The molecule has 5 heteroatoms. The Bertz CT molecular complexity index is 450. The number of amides is 1. The standard InChI is InChI=1S/C14H18INO3/c1-18-8-9-19-7-6-16-5-4-11-2-3-12(15)10-13(11)14(16)17/h2-3,10H,4-9H2,1H3. The highest BCUT2D eigenvalue weighted by Crippen LogP contribution is 2.21. The van der Waals surface area contributed by atoms with E-state index in [0.717, 1.165) is 27.7 Å². The summed E-state index contributed by atoms with van der Waals surface area (Å²) in [5.74, 6) is 0.120. The fourth-order valence-electron chi connectivity index (χ4n) is 2.13. The number of carbonyl (C=O) groups excluding carboxylic acids is 1.